The Morgan fingerprint density at radius 1 is 1.59 bits per heavy atom. The van der Waals surface area contributed by atoms with E-state index in [1.165, 1.54) is 11.1 Å². The highest BCUT2D eigenvalue weighted by Crippen LogP contribution is 2.25. The molecular weight excluding hydrogens is 232 g/mol. The minimum atomic E-state index is 0.151. The maximum absolute atomic E-state index is 8.72. The summed E-state index contributed by atoms with van der Waals surface area (Å²) in [6.45, 7) is 2.05. The number of nitrogens with two attached hydrogens (primary N) is 1. The highest BCUT2D eigenvalue weighted by molar-refractivity contribution is 7.10. The van der Waals surface area contributed by atoms with Crippen molar-refractivity contribution in [1.29, 1.82) is 5.26 Å². The van der Waals surface area contributed by atoms with Crippen molar-refractivity contribution in [2.24, 2.45) is 0 Å². The van der Waals surface area contributed by atoms with Gasteiger partial charge in [0.05, 0.1) is 17.3 Å². The molecule has 0 aliphatic carbocycles. The van der Waals surface area contributed by atoms with Crippen molar-refractivity contribution in [2.45, 2.75) is 13.0 Å². The van der Waals surface area contributed by atoms with E-state index < -0.39 is 0 Å². The second kappa shape index (κ2) is 4.85. The molecule has 5 heteroatoms. The lowest BCUT2D eigenvalue weighted by Gasteiger charge is -2.14. The summed E-state index contributed by atoms with van der Waals surface area (Å²) in [7, 11) is 0. The highest BCUT2D eigenvalue weighted by atomic mass is 32.1. The molecule has 4 nitrogen and oxygen atoms in total. The fourth-order valence-electron chi connectivity index (χ4n) is 1.48. The molecule has 0 spiro atoms. The SMILES string of the molecule is CC(Nc1ncc(C#N)cc1N)c1cccs1. The summed E-state index contributed by atoms with van der Waals surface area (Å²) < 4.78 is 0. The zero-order valence-electron chi connectivity index (χ0n) is 9.34. The van der Waals surface area contributed by atoms with Crippen LogP contribution in [0.4, 0.5) is 11.5 Å². The highest BCUT2D eigenvalue weighted by Gasteiger charge is 2.09. The van der Waals surface area contributed by atoms with Gasteiger partial charge in [0.2, 0.25) is 0 Å². The molecule has 2 aromatic heterocycles. The number of nitriles is 1. The molecule has 2 rings (SSSR count). The number of anilines is 2. The number of hydrogen-bond donors (Lipinski definition) is 2. The van der Waals surface area contributed by atoms with Gasteiger partial charge in [0.15, 0.2) is 0 Å². The van der Waals surface area contributed by atoms with E-state index in [1.54, 1.807) is 17.4 Å². The number of aromatic nitrogens is 1. The lowest BCUT2D eigenvalue weighted by molar-refractivity contribution is 0.897. The molecule has 3 N–H and O–H groups in total. The zero-order chi connectivity index (χ0) is 12.3. The maximum atomic E-state index is 8.72. The molecule has 2 heterocycles. The van der Waals surface area contributed by atoms with Gasteiger partial charge in [0.25, 0.3) is 0 Å². The van der Waals surface area contributed by atoms with Gasteiger partial charge in [0, 0.05) is 11.1 Å². The van der Waals surface area contributed by atoms with Crippen LogP contribution in [0, 0.1) is 11.3 Å². The van der Waals surface area contributed by atoms with Gasteiger partial charge >= 0.3 is 0 Å². The second-order valence-electron chi connectivity index (χ2n) is 3.66. The molecule has 0 amide bonds. The molecule has 0 fully saturated rings. The predicted molar refractivity (Wildman–Crippen MR) is 69.7 cm³/mol. The second-order valence-corrected chi connectivity index (χ2v) is 4.63. The third kappa shape index (κ3) is 2.55. The van der Waals surface area contributed by atoms with Gasteiger partial charge < -0.3 is 11.1 Å². The Kier molecular flexibility index (Phi) is 3.26. The minimum absolute atomic E-state index is 0.151. The first-order valence-corrected chi connectivity index (χ1v) is 6.04. The minimum Gasteiger partial charge on any atom is -0.396 e. The van der Waals surface area contributed by atoms with Crippen molar-refractivity contribution in [1.82, 2.24) is 4.98 Å². The fourth-order valence-corrected chi connectivity index (χ4v) is 2.21. The molecule has 17 heavy (non-hydrogen) atoms. The van der Waals surface area contributed by atoms with E-state index in [1.807, 2.05) is 24.4 Å². The number of hydrogen-bond acceptors (Lipinski definition) is 5. The van der Waals surface area contributed by atoms with Gasteiger partial charge in [-0.3, -0.25) is 0 Å². The summed E-state index contributed by atoms with van der Waals surface area (Å²) in [5, 5.41) is 14.0. The van der Waals surface area contributed by atoms with Crippen LogP contribution in [-0.4, -0.2) is 4.98 Å². The molecule has 0 aliphatic heterocycles. The molecule has 1 unspecified atom stereocenters. The molecule has 0 aliphatic rings. The number of nitrogens with one attached hydrogen (secondary N) is 1. The maximum Gasteiger partial charge on any atom is 0.149 e. The van der Waals surface area contributed by atoms with E-state index >= 15 is 0 Å². The molecule has 0 saturated carbocycles. The Bertz CT molecular complexity index is 542. The Morgan fingerprint density at radius 2 is 2.41 bits per heavy atom. The molecule has 0 aromatic carbocycles. The van der Waals surface area contributed by atoms with Crippen molar-refractivity contribution in [2.75, 3.05) is 11.1 Å². The molecule has 0 radical (unpaired) electrons. The van der Waals surface area contributed by atoms with Crippen LogP contribution in [0.2, 0.25) is 0 Å². The van der Waals surface area contributed by atoms with Gasteiger partial charge in [0.1, 0.15) is 11.9 Å². The molecule has 86 valence electrons. The number of rotatable bonds is 3. The largest absolute Gasteiger partial charge is 0.396 e. The van der Waals surface area contributed by atoms with E-state index in [-0.39, 0.29) is 6.04 Å². The van der Waals surface area contributed by atoms with Gasteiger partial charge in [-0.1, -0.05) is 6.07 Å². The first kappa shape index (κ1) is 11.4. The zero-order valence-corrected chi connectivity index (χ0v) is 10.2. The Hall–Kier alpha value is -2.06. The van der Waals surface area contributed by atoms with Gasteiger partial charge in [-0.05, 0) is 24.4 Å². The van der Waals surface area contributed by atoms with E-state index in [9.17, 15) is 0 Å². The number of pyridine rings is 1. The lowest BCUT2D eigenvalue weighted by Crippen LogP contribution is -2.08. The Balaban J connectivity index is 2.17. The van der Waals surface area contributed by atoms with E-state index in [0.29, 0.717) is 17.1 Å². The van der Waals surface area contributed by atoms with Crippen LogP contribution in [0.1, 0.15) is 23.4 Å². The van der Waals surface area contributed by atoms with Crippen LogP contribution in [0.15, 0.2) is 29.8 Å². The van der Waals surface area contributed by atoms with Crippen molar-refractivity contribution in [3.8, 4) is 6.07 Å². The monoisotopic (exact) mass is 244 g/mol. The normalized spacial score (nSPS) is 11.8. The van der Waals surface area contributed by atoms with Crippen molar-refractivity contribution >= 4 is 22.8 Å². The summed E-state index contributed by atoms with van der Waals surface area (Å²) in [6.07, 6.45) is 1.51. The van der Waals surface area contributed by atoms with Gasteiger partial charge in [-0.2, -0.15) is 5.26 Å². The molecule has 0 bridgehead atoms. The van der Waals surface area contributed by atoms with Crippen molar-refractivity contribution in [3.05, 3.63) is 40.2 Å². The molecular formula is C12H12N4S. The van der Waals surface area contributed by atoms with Crippen LogP contribution in [0.25, 0.3) is 0 Å². The fraction of sp³-hybridized carbons (Fsp3) is 0.167. The topological polar surface area (TPSA) is 74.7 Å². The summed E-state index contributed by atoms with van der Waals surface area (Å²) in [5.41, 5.74) is 6.79. The van der Waals surface area contributed by atoms with Crippen LogP contribution in [0.5, 0.6) is 0 Å². The number of thiophene rings is 1. The van der Waals surface area contributed by atoms with E-state index in [0.717, 1.165) is 0 Å². The number of nitrogen functional groups attached to an aromatic ring is 1. The number of nitrogens with zero attached hydrogens (tertiary/aromatic N) is 2. The lowest BCUT2D eigenvalue weighted by atomic mass is 10.2. The predicted octanol–water partition coefficient (Wildman–Crippen LogP) is 2.77. The standard InChI is InChI=1S/C12H12N4S/c1-8(11-3-2-4-17-11)16-12-10(14)5-9(6-13)7-15-12/h2-5,7-8H,14H2,1H3,(H,15,16). The summed E-state index contributed by atoms with van der Waals surface area (Å²) in [4.78, 5) is 5.36. The van der Waals surface area contributed by atoms with Gasteiger partial charge in [-0.25, -0.2) is 4.98 Å². The van der Waals surface area contributed by atoms with Crippen molar-refractivity contribution < 1.29 is 0 Å². The Labute approximate surface area is 104 Å². The molecule has 0 saturated heterocycles. The summed E-state index contributed by atoms with van der Waals surface area (Å²) in [6, 6.07) is 7.85. The average Bonchev–Trinajstić information content (AvgIpc) is 2.85. The van der Waals surface area contributed by atoms with Crippen LogP contribution >= 0.6 is 11.3 Å². The van der Waals surface area contributed by atoms with E-state index in [4.69, 9.17) is 11.0 Å². The summed E-state index contributed by atoms with van der Waals surface area (Å²) >= 11 is 1.68. The third-order valence-corrected chi connectivity index (χ3v) is 3.42. The van der Waals surface area contributed by atoms with Gasteiger partial charge in [-0.15, -0.1) is 11.3 Å². The molecule has 1 atom stereocenters. The van der Waals surface area contributed by atoms with Crippen molar-refractivity contribution in [3.63, 3.8) is 0 Å². The van der Waals surface area contributed by atoms with Crippen LogP contribution in [0.3, 0.4) is 0 Å². The van der Waals surface area contributed by atoms with Crippen LogP contribution in [-0.2, 0) is 0 Å². The quantitative estimate of drug-likeness (QED) is 0.870. The summed E-state index contributed by atoms with van der Waals surface area (Å²) in [5.74, 6) is 0.616. The average molecular weight is 244 g/mol. The molecule has 2 aromatic rings. The van der Waals surface area contributed by atoms with E-state index in [2.05, 4.69) is 16.4 Å². The van der Waals surface area contributed by atoms with Crippen LogP contribution < -0.4 is 11.1 Å². The Morgan fingerprint density at radius 3 is 3.00 bits per heavy atom. The first-order chi connectivity index (χ1) is 8.20. The third-order valence-electron chi connectivity index (χ3n) is 2.37. The smallest absolute Gasteiger partial charge is 0.149 e. The first-order valence-electron chi connectivity index (χ1n) is 5.16.